The molecule has 1 amide bonds. The van der Waals surface area contributed by atoms with Gasteiger partial charge in [0.25, 0.3) is 10.0 Å². The molecule has 5 nitrogen and oxygen atoms in total. The highest BCUT2D eigenvalue weighted by Gasteiger charge is 2.15. The lowest BCUT2D eigenvalue weighted by molar-refractivity contribution is -0.115. The van der Waals surface area contributed by atoms with Gasteiger partial charge < -0.3 is 5.32 Å². The van der Waals surface area contributed by atoms with Crippen molar-refractivity contribution in [1.29, 1.82) is 0 Å². The Morgan fingerprint density at radius 3 is 2.28 bits per heavy atom. The molecule has 0 spiro atoms. The van der Waals surface area contributed by atoms with E-state index in [0.29, 0.717) is 16.4 Å². The minimum atomic E-state index is -3.82. The van der Waals surface area contributed by atoms with Crippen LogP contribution in [0.4, 0.5) is 15.8 Å². The summed E-state index contributed by atoms with van der Waals surface area (Å²) in [6.07, 6.45) is -0.248. The van der Waals surface area contributed by atoms with Gasteiger partial charge in [0.05, 0.1) is 17.0 Å². The van der Waals surface area contributed by atoms with Crippen LogP contribution in [0.3, 0.4) is 0 Å². The van der Waals surface area contributed by atoms with Crippen molar-refractivity contribution in [2.45, 2.75) is 11.3 Å². The predicted molar refractivity (Wildman–Crippen MR) is 112 cm³/mol. The van der Waals surface area contributed by atoms with Gasteiger partial charge in [0, 0.05) is 21.3 Å². The maximum Gasteiger partial charge on any atom is 0.261 e. The van der Waals surface area contributed by atoms with E-state index >= 15 is 0 Å². The van der Waals surface area contributed by atoms with Crippen molar-refractivity contribution >= 4 is 50.5 Å². The summed E-state index contributed by atoms with van der Waals surface area (Å²) in [5.74, 6) is -1.05. The summed E-state index contributed by atoms with van der Waals surface area (Å²) in [6, 6.07) is 16.1. The highest BCUT2D eigenvalue weighted by molar-refractivity contribution is 7.92. The zero-order valence-electron chi connectivity index (χ0n) is 14.8. The SMILES string of the molecule is O=C(Cc1c(F)cccc1Cl)Nc1ccc(S(=O)(=O)Nc2cccc(Cl)c2)cc1. The second kappa shape index (κ2) is 8.82. The van der Waals surface area contributed by atoms with E-state index in [1.807, 2.05) is 0 Å². The average Bonchev–Trinajstić information content (AvgIpc) is 2.65. The molecular weight excluding hydrogens is 438 g/mol. The Labute approximate surface area is 177 Å². The van der Waals surface area contributed by atoms with Crippen LogP contribution in [0.25, 0.3) is 0 Å². The summed E-state index contributed by atoms with van der Waals surface area (Å²) in [5.41, 5.74) is 0.789. The Kier molecular flexibility index (Phi) is 6.42. The summed E-state index contributed by atoms with van der Waals surface area (Å²) in [7, 11) is -3.82. The molecule has 0 aliphatic carbocycles. The molecule has 9 heteroatoms. The Hall–Kier alpha value is -2.61. The molecule has 0 saturated heterocycles. The van der Waals surface area contributed by atoms with Gasteiger partial charge in [-0.15, -0.1) is 0 Å². The molecule has 3 aromatic carbocycles. The largest absolute Gasteiger partial charge is 0.326 e. The normalized spacial score (nSPS) is 11.1. The molecule has 150 valence electrons. The first-order valence-corrected chi connectivity index (χ1v) is 10.6. The number of sulfonamides is 1. The van der Waals surface area contributed by atoms with Crippen LogP contribution in [-0.4, -0.2) is 14.3 Å². The van der Waals surface area contributed by atoms with Crippen LogP contribution in [0.5, 0.6) is 0 Å². The van der Waals surface area contributed by atoms with Crippen molar-refractivity contribution < 1.29 is 17.6 Å². The molecule has 0 fully saturated rings. The van der Waals surface area contributed by atoms with Gasteiger partial charge in [-0.2, -0.15) is 0 Å². The first kappa shape index (κ1) is 21.1. The number of hydrogen-bond donors (Lipinski definition) is 2. The van der Waals surface area contributed by atoms with Crippen LogP contribution in [0.15, 0.2) is 71.6 Å². The Balaban J connectivity index is 1.69. The van der Waals surface area contributed by atoms with E-state index in [4.69, 9.17) is 23.2 Å². The molecule has 2 N–H and O–H groups in total. The highest BCUT2D eigenvalue weighted by atomic mass is 35.5. The molecule has 3 rings (SSSR count). The summed E-state index contributed by atoms with van der Waals surface area (Å²) >= 11 is 11.8. The number of anilines is 2. The molecule has 0 radical (unpaired) electrons. The van der Waals surface area contributed by atoms with Crippen LogP contribution >= 0.6 is 23.2 Å². The minimum Gasteiger partial charge on any atom is -0.326 e. The standard InChI is InChI=1S/C20H15Cl2FN2O3S/c21-13-3-1-4-15(11-13)25-29(27,28)16-9-7-14(8-10-16)24-20(26)12-17-18(22)5-2-6-19(17)23/h1-11,25H,12H2,(H,24,26). The van der Waals surface area contributed by atoms with Crippen molar-refractivity contribution in [1.82, 2.24) is 0 Å². The summed E-state index contributed by atoms with van der Waals surface area (Å²) in [5, 5.41) is 3.15. The van der Waals surface area contributed by atoms with Crippen LogP contribution in [0.1, 0.15) is 5.56 Å². The third-order valence-corrected chi connectivity index (χ3v) is 5.91. The van der Waals surface area contributed by atoms with Crippen molar-refractivity contribution in [3.63, 3.8) is 0 Å². The summed E-state index contributed by atoms with van der Waals surface area (Å²) in [4.78, 5) is 12.2. The number of carbonyl (C=O) groups is 1. The number of benzene rings is 3. The molecule has 3 aromatic rings. The maximum atomic E-state index is 13.8. The van der Waals surface area contributed by atoms with Gasteiger partial charge in [0.2, 0.25) is 5.91 Å². The number of hydrogen-bond acceptors (Lipinski definition) is 3. The van der Waals surface area contributed by atoms with E-state index in [2.05, 4.69) is 10.0 Å². The topological polar surface area (TPSA) is 75.3 Å². The Morgan fingerprint density at radius 2 is 1.62 bits per heavy atom. The number of nitrogens with one attached hydrogen (secondary N) is 2. The molecule has 0 atom stereocenters. The van der Waals surface area contributed by atoms with Crippen molar-refractivity contribution in [3.05, 3.63) is 88.2 Å². The van der Waals surface area contributed by atoms with Crippen LogP contribution < -0.4 is 10.0 Å². The fourth-order valence-electron chi connectivity index (χ4n) is 2.55. The average molecular weight is 453 g/mol. The summed E-state index contributed by atoms with van der Waals surface area (Å²) < 4.78 is 41.1. The van der Waals surface area contributed by atoms with Crippen molar-refractivity contribution in [2.24, 2.45) is 0 Å². The van der Waals surface area contributed by atoms with Gasteiger partial charge in [-0.25, -0.2) is 12.8 Å². The number of halogens is 3. The number of rotatable bonds is 6. The van der Waals surface area contributed by atoms with E-state index in [0.717, 1.165) is 0 Å². The molecule has 0 saturated carbocycles. The first-order chi connectivity index (χ1) is 13.7. The van der Waals surface area contributed by atoms with Gasteiger partial charge in [-0.3, -0.25) is 9.52 Å². The van der Waals surface area contributed by atoms with E-state index in [9.17, 15) is 17.6 Å². The lowest BCUT2D eigenvalue weighted by Crippen LogP contribution is -2.16. The van der Waals surface area contributed by atoms with Crippen LogP contribution in [-0.2, 0) is 21.2 Å². The van der Waals surface area contributed by atoms with Gasteiger partial charge in [-0.05, 0) is 54.6 Å². The fourth-order valence-corrected chi connectivity index (χ4v) is 4.02. The second-order valence-electron chi connectivity index (χ2n) is 6.07. The molecule has 0 heterocycles. The van der Waals surface area contributed by atoms with E-state index in [-0.39, 0.29) is 21.9 Å². The molecule has 29 heavy (non-hydrogen) atoms. The molecule has 0 aliphatic rings. The fraction of sp³-hybridized carbons (Fsp3) is 0.0500. The third kappa shape index (κ3) is 5.47. The zero-order valence-corrected chi connectivity index (χ0v) is 17.2. The molecule has 0 aliphatic heterocycles. The molecule has 0 bridgehead atoms. The van der Waals surface area contributed by atoms with E-state index in [1.54, 1.807) is 18.2 Å². The van der Waals surface area contributed by atoms with Gasteiger partial charge in [0.15, 0.2) is 0 Å². The predicted octanol–water partition coefficient (Wildman–Crippen LogP) is 5.11. The zero-order chi connectivity index (χ0) is 21.0. The minimum absolute atomic E-state index is 0.00706. The van der Waals surface area contributed by atoms with E-state index < -0.39 is 21.7 Å². The number of carbonyl (C=O) groups excluding carboxylic acids is 1. The Bertz CT molecular complexity index is 1130. The van der Waals surface area contributed by atoms with Gasteiger partial charge in [-0.1, -0.05) is 35.3 Å². The molecule has 0 unspecified atom stereocenters. The monoisotopic (exact) mass is 452 g/mol. The van der Waals surface area contributed by atoms with Gasteiger partial charge in [0.1, 0.15) is 5.82 Å². The molecular formula is C20H15Cl2FN2O3S. The lowest BCUT2D eigenvalue weighted by atomic mass is 10.1. The lowest BCUT2D eigenvalue weighted by Gasteiger charge is -2.10. The van der Waals surface area contributed by atoms with Gasteiger partial charge >= 0.3 is 0 Å². The maximum absolute atomic E-state index is 13.8. The van der Waals surface area contributed by atoms with Crippen LogP contribution in [0, 0.1) is 5.82 Å². The quantitative estimate of drug-likeness (QED) is 0.545. The van der Waals surface area contributed by atoms with Crippen LogP contribution in [0.2, 0.25) is 10.0 Å². The Morgan fingerprint density at radius 1 is 0.931 bits per heavy atom. The van der Waals surface area contributed by atoms with Crippen molar-refractivity contribution in [3.8, 4) is 0 Å². The highest BCUT2D eigenvalue weighted by Crippen LogP contribution is 2.22. The number of amides is 1. The van der Waals surface area contributed by atoms with E-state index in [1.165, 1.54) is 48.5 Å². The smallest absolute Gasteiger partial charge is 0.261 e. The molecule has 0 aromatic heterocycles. The first-order valence-electron chi connectivity index (χ1n) is 8.36. The van der Waals surface area contributed by atoms with Crippen molar-refractivity contribution in [2.75, 3.05) is 10.0 Å². The third-order valence-electron chi connectivity index (χ3n) is 3.92. The summed E-state index contributed by atoms with van der Waals surface area (Å²) in [6.45, 7) is 0. The second-order valence-corrected chi connectivity index (χ2v) is 8.59.